The molecule has 2 heterocycles. The zero-order valence-electron chi connectivity index (χ0n) is 9.19. The summed E-state index contributed by atoms with van der Waals surface area (Å²) in [5, 5.41) is 8.92. The smallest absolute Gasteiger partial charge is 0.239 e. The lowest BCUT2D eigenvalue weighted by molar-refractivity contribution is -0.135. The Hall–Kier alpha value is -0.610. The van der Waals surface area contributed by atoms with Gasteiger partial charge in [0.15, 0.2) is 0 Å². The molecule has 0 aromatic carbocycles. The SMILES string of the molecule is O=C(C1CCCN1CCO)N1CCCC1. The molecule has 0 spiro atoms. The molecule has 4 nitrogen and oxygen atoms in total. The molecule has 0 radical (unpaired) electrons. The molecule has 0 aliphatic carbocycles. The molecule has 0 aromatic rings. The van der Waals surface area contributed by atoms with Gasteiger partial charge in [0, 0.05) is 19.6 Å². The normalized spacial score (nSPS) is 27.5. The zero-order chi connectivity index (χ0) is 10.7. The van der Waals surface area contributed by atoms with E-state index in [1.54, 1.807) is 0 Å². The second kappa shape index (κ2) is 4.94. The van der Waals surface area contributed by atoms with E-state index < -0.39 is 0 Å². The van der Waals surface area contributed by atoms with Gasteiger partial charge < -0.3 is 10.0 Å². The molecule has 0 saturated carbocycles. The van der Waals surface area contributed by atoms with Gasteiger partial charge in [-0.25, -0.2) is 0 Å². The van der Waals surface area contributed by atoms with Crippen molar-refractivity contribution in [1.82, 2.24) is 9.80 Å². The van der Waals surface area contributed by atoms with Crippen molar-refractivity contribution >= 4 is 5.91 Å². The molecule has 15 heavy (non-hydrogen) atoms. The van der Waals surface area contributed by atoms with Gasteiger partial charge in [0.25, 0.3) is 0 Å². The van der Waals surface area contributed by atoms with Crippen LogP contribution in [0, 0.1) is 0 Å². The van der Waals surface area contributed by atoms with Gasteiger partial charge in [-0.1, -0.05) is 0 Å². The minimum absolute atomic E-state index is 0.0512. The first kappa shape index (κ1) is 10.9. The van der Waals surface area contributed by atoms with E-state index in [9.17, 15) is 4.79 Å². The van der Waals surface area contributed by atoms with Crippen LogP contribution in [-0.4, -0.2) is 59.6 Å². The lowest BCUT2D eigenvalue weighted by Gasteiger charge is -2.26. The Labute approximate surface area is 90.9 Å². The highest BCUT2D eigenvalue weighted by Gasteiger charge is 2.33. The molecule has 0 aromatic heterocycles. The first-order valence-corrected chi connectivity index (χ1v) is 5.96. The highest BCUT2D eigenvalue weighted by Crippen LogP contribution is 2.20. The molecule has 1 unspecified atom stereocenters. The van der Waals surface area contributed by atoms with Gasteiger partial charge in [-0.2, -0.15) is 0 Å². The number of nitrogens with zero attached hydrogens (tertiary/aromatic N) is 2. The minimum Gasteiger partial charge on any atom is -0.395 e. The third-order valence-corrected chi connectivity index (χ3v) is 3.45. The van der Waals surface area contributed by atoms with E-state index in [2.05, 4.69) is 4.90 Å². The molecule has 0 bridgehead atoms. The van der Waals surface area contributed by atoms with Gasteiger partial charge in [0.1, 0.15) is 0 Å². The monoisotopic (exact) mass is 212 g/mol. The van der Waals surface area contributed by atoms with E-state index in [1.807, 2.05) is 4.90 Å². The fraction of sp³-hybridized carbons (Fsp3) is 0.909. The van der Waals surface area contributed by atoms with Crippen LogP contribution in [0.3, 0.4) is 0 Å². The van der Waals surface area contributed by atoms with Crippen molar-refractivity contribution in [2.75, 3.05) is 32.8 Å². The zero-order valence-corrected chi connectivity index (χ0v) is 9.19. The van der Waals surface area contributed by atoms with Gasteiger partial charge >= 0.3 is 0 Å². The summed E-state index contributed by atoms with van der Waals surface area (Å²) in [4.78, 5) is 16.2. The van der Waals surface area contributed by atoms with Crippen LogP contribution in [0.25, 0.3) is 0 Å². The molecule has 2 saturated heterocycles. The van der Waals surface area contributed by atoms with Crippen LogP contribution in [0.2, 0.25) is 0 Å². The topological polar surface area (TPSA) is 43.8 Å². The first-order valence-electron chi connectivity index (χ1n) is 5.96. The number of β-amino-alcohol motifs (C(OH)–C–C–N with tert-alkyl or cyclic N) is 1. The Morgan fingerprint density at radius 2 is 1.93 bits per heavy atom. The summed E-state index contributed by atoms with van der Waals surface area (Å²) >= 11 is 0. The van der Waals surface area contributed by atoms with Crippen LogP contribution in [0.5, 0.6) is 0 Å². The number of likely N-dealkylation sites (tertiary alicyclic amines) is 2. The minimum atomic E-state index is 0.0512. The van der Waals surface area contributed by atoms with E-state index in [-0.39, 0.29) is 12.6 Å². The molecule has 2 rings (SSSR count). The highest BCUT2D eigenvalue weighted by atomic mass is 16.3. The number of hydrogen-bond acceptors (Lipinski definition) is 3. The maximum Gasteiger partial charge on any atom is 0.239 e. The van der Waals surface area contributed by atoms with Crippen LogP contribution < -0.4 is 0 Å². The Morgan fingerprint density at radius 3 is 2.60 bits per heavy atom. The predicted octanol–water partition coefficient (Wildman–Crippen LogP) is 0.0655. The second-order valence-electron chi connectivity index (χ2n) is 4.45. The first-order chi connectivity index (χ1) is 7.33. The van der Waals surface area contributed by atoms with E-state index in [1.165, 1.54) is 0 Å². The molecule has 2 fully saturated rings. The third kappa shape index (κ3) is 2.32. The van der Waals surface area contributed by atoms with Gasteiger partial charge in [0.2, 0.25) is 5.91 Å². The number of amides is 1. The van der Waals surface area contributed by atoms with Crippen molar-refractivity contribution in [3.8, 4) is 0 Å². The molecule has 1 atom stereocenters. The summed E-state index contributed by atoms with van der Waals surface area (Å²) in [7, 11) is 0. The van der Waals surface area contributed by atoms with Crippen LogP contribution in [0.15, 0.2) is 0 Å². The Kier molecular flexibility index (Phi) is 3.59. The highest BCUT2D eigenvalue weighted by molar-refractivity contribution is 5.82. The molecule has 4 heteroatoms. The van der Waals surface area contributed by atoms with E-state index >= 15 is 0 Å². The van der Waals surface area contributed by atoms with E-state index in [0.717, 1.165) is 45.3 Å². The summed E-state index contributed by atoms with van der Waals surface area (Å²) in [6.07, 6.45) is 4.36. The molecular formula is C11H20N2O2. The molecule has 1 N–H and O–H groups in total. The quantitative estimate of drug-likeness (QED) is 0.720. The summed E-state index contributed by atoms with van der Waals surface area (Å²) in [6, 6.07) is 0.0512. The Morgan fingerprint density at radius 1 is 1.20 bits per heavy atom. The lowest BCUT2D eigenvalue weighted by Crippen LogP contribution is -2.45. The van der Waals surface area contributed by atoms with Crippen molar-refractivity contribution < 1.29 is 9.90 Å². The van der Waals surface area contributed by atoms with Crippen molar-refractivity contribution in [3.63, 3.8) is 0 Å². The van der Waals surface area contributed by atoms with Gasteiger partial charge in [-0.15, -0.1) is 0 Å². The summed E-state index contributed by atoms with van der Waals surface area (Å²) in [5.41, 5.74) is 0. The van der Waals surface area contributed by atoms with Crippen LogP contribution >= 0.6 is 0 Å². The number of aliphatic hydroxyl groups is 1. The maximum absolute atomic E-state index is 12.1. The molecule has 1 amide bonds. The van der Waals surface area contributed by atoms with E-state index in [0.29, 0.717) is 12.5 Å². The fourth-order valence-electron chi connectivity index (χ4n) is 2.65. The Bertz CT molecular complexity index is 227. The molecular weight excluding hydrogens is 192 g/mol. The van der Waals surface area contributed by atoms with Gasteiger partial charge in [0.05, 0.1) is 12.6 Å². The second-order valence-corrected chi connectivity index (χ2v) is 4.45. The van der Waals surface area contributed by atoms with Gasteiger partial charge in [-0.3, -0.25) is 9.69 Å². The lowest BCUT2D eigenvalue weighted by atomic mass is 10.2. The van der Waals surface area contributed by atoms with Crippen molar-refractivity contribution in [2.24, 2.45) is 0 Å². The number of carbonyl (C=O) groups is 1. The maximum atomic E-state index is 12.1. The summed E-state index contributed by atoms with van der Waals surface area (Å²) in [6.45, 7) is 3.63. The largest absolute Gasteiger partial charge is 0.395 e. The molecule has 2 aliphatic rings. The standard InChI is InChI=1S/C11H20N2O2/c14-9-8-12-7-3-4-10(12)11(15)13-5-1-2-6-13/h10,14H,1-9H2. The van der Waals surface area contributed by atoms with E-state index in [4.69, 9.17) is 5.11 Å². The number of hydrogen-bond donors (Lipinski definition) is 1. The average Bonchev–Trinajstić information content (AvgIpc) is 2.87. The summed E-state index contributed by atoms with van der Waals surface area (Å²) < 4.78 is 0. The van der Waals surface area contributed by atoms with Crippen LogP contribution in [-0.2, 0) is 4.79 Å². The van der Waals surface area contributed by atoms with Crippen molar-refractivity contribution in [2.45, 2.75) is 31.7 Å². The van der Waals surface area contributed by atoms with Crippen LogP contribution in [0.1, 0.15) is 25.7 Å². The van der Waals surface area contributed by atoms with Gasteiger partial charge in [-0.05, 0) is 32.2 Å². The predicted molar refractivity (Wildman–Crippen MR) is 57.5 cm³/mol. The summed E-state index contributed by atoms with van der Waals surface area (Å²) in [5.74, 6) is 0.290. The average molecular weight is 212 g/mol. The fourth-order valence-corrected chi connectivity index (χ4v) is 2.65. The third-order valence-electron chi connectivity index (χ3n) is 3.45. The number of carbonyl (C=O) groups excluding carboxylic acids is 1. The van der Waals surface area contributed by atoms with Crippen molar-refractivity contribution in [1.29, 1.82) is 0 Å². The molecule has 2 aliphatic heterocycles. The Balaban J connectivity index is 1.92. The molecule has 86 valence electrons. The number of rotatable bonds is 3. The van der Waals surface area contributed by atoms with Crippen LogP contribution in [0.4, 0.5) is 0 Å². The number of aliphatic hydroxyl groups excluding tert-OH is 1. The van der Waals surface area contributed by atoms with Crippen molar-refractivity contribution in [3.05, 3.63) is 0 Å².